The molecule has 2 unspecified atom stereocenters. The number of aromatic nitrogens is 1. The maximum atomic E-state index is 11.2. The highest BCUT2D eigenvalue weighted by atomic mass is 16.6. The summed E-state index contributed by atoms with van der Waals surface area (Å²) in [5.41, 5.74) is 0.0492. The van der Waals surface area contributed by atoms with E-state index in [0.717, 1.165) is 26.1 Å². The van der Waals surface area contributed by atoms with Crippen molar-refractivity contribution in [1.82, 2.24) is 9.88 Å². The van der Waals surface area contributed by atoms with Crippen molar-refractivity contribution < 1.29 is 4.92 Å². The van der Waals surface area contributed by atoms with Gasteiger partial charge in [-0.1, -0.05) is 0 Å². The van der Waals surface area contributed by atoms with E-state index < -0.39 is 0 Å². The van der Waals surface area contributed by atoms with Crippen molar-refractivity contribution in [1.29, 1.82) is 0 Å². The summed E-state index contributed by atoms with van der Waals surface area (Å²) in [5.74, 6) is 1.06. The first-order valence-electron chi connectivity index (χ1n) is 7.59. The molecule has 1 aromatic heterocycles. The van der Waals surface area contributed by atoms with Crippen LogP contribution < -0.4 is 10.6 Å². The van der Waals surface area contributed by atoms with Gasteiger partial charge in [0.2, 0.25) is 5.82 Å². The standard InChI is InChI=1S/C14H21N5O2/c1-2-15-13-6-5-12(19(20)21)14(17-13)16-10-7-9-18-8-3-4-11(10)18/h5-6,10-11H,2-4,7-9H2,1H3,(H2,15,16,17). The van der Waals surface area contributed by atoms with Crippen molar-refractivity contribution in [2.45, 2.75) is 38.3 Å². The highest BCUT2D eigenvalue weighted by Gasteiger charge is 2.38. The quantitative estimate of drug-likeness (QED) is 0.638. The SMILES string of the molecule is CCNc1ccc([N+](=O)[O-])c(NC2CCN3CCCC23)n1. The van der Waals surface area contributed by atoms with Crippen LogP contribution in [0, 0.1) is 10.1 Å². The number of nitrogens with one attached hydrogen (secondary N) is 2. The molecule has 3 heterocycles. The van der Waals surface area contributed by atoms with Crippen LogP contribution in [0.4, 0.5) is 17.3 Å². The molecule has 0 amide bonds. The third kappa shape index (κ3) is 2.78. The molecule has 2 fully saturated rings. The van der Waals surface area contributed by atoms with Crippen LogP contribution >= 0.6 is 0 Å². The Morgan fingerprint density at radius 2 is 2.29 bits per heavy atom. The number of pyridine rings is 1. The highest BCUT2D eigenvalue weighted by Crippen LogP contribution is 2.32. The Morgan fingerprint density at radius 1 is 1.43 bits per heavy atom. The Morgan fingerprint density at radius 3 is 3.05 bits per heavy atom. The summed E-state index contributed by atoms with van der Waals surface area (Å²) >= 11 is 0. The van der Waals surface area contributed by atoms with E-state index in [9.17, 15) is 10.1 Å². The molecular formula is C14H21N5O2. The predicted molar refractivity (Wildman–Crippen MR) is 81.7 cm³/mol. The lowest BCUT2D eigenvalue weighted by Gasteiger charge is -2.21. The summed E-state index contributed by atoms with van der Waals surface area (Å²) in [4.78, 5) is 17.7. The zero-order valence-corrected chi connectivity index (χ0v) is 12.2. The molecule has 0 bridgehead atoms. The lowest BCUT2D eigenvalue weighted by atomic mass is 10.1. The van der Waals surface area contributed by atoms with Gasteiger partial charge in [0.25, 0.3) is 0 Å². The number of rotatable bonds is 5. The Labute approximate surface area is 123 Å². The van der Waals surface area contributed by atoms with Gasteiger partial charge < -0.3 is 10.6 Å². The van der Waals surface area contributed by atoms with Crippen LogP contribution in [-0.4, -0.2) is 46.5 Å². The Kier molecular flexibility index (Phi) is 3.92. The molecule has 7 nitrogen and oxygen atoms in total. The first-order valence-corrected chi connectivity index (χ1v) is 7.59. The molecular weight excluding hydrogens is 270 g/mol. The number of nitrogens with zero attached hydrogens (tertiary/aromatic N) is 3. The van der Waals surface area contributed by atoms with Gasteiger partial charge in [-0.3, -0.25) is 15.0 Å². The van der Waals surface area contributed by atoms with Crippen molar-refractivity contribution in [2.24, 2.45) is 0 Å². The van der Waals surface area contributed by atoms with Crippen molar-refractivity contribution in [2.75, 3.05) is 30.3 Å². The van der Waals surface area contributed by atoms with Crippen LogP contribution in [0.15, 0.2) is 12.1 Å². The maximum Gasteiger partial charge on any atom is 0.311 e. The van der Waals surface area contributed by atoms with E-state index in [1.807, 2.05) is 6.92 Å². The number of nitro groups is 1. The average Bonchev–Trinajstić information content (AvgIpc) is 3.04. The molecule has 2 aliphatic heterocycles. The van der Waals surface area contributed by atoms with Crippen molar-refractivity contribution >= 4 is 17.3 Å². The topological polar surface area (TPSA) is 83.3 Å². The minimum atomic E-state index is -0.369. The fraction of sp³-hybridized carbons (Fsp3) is 0.643. The predicted octanol–water partition coefficient (Wildman–Crippen LogP) is 2.07. The molecule has 1 aromatic rings. The van der Waals surface area contributed by atoms with Gasteiger partial charge in [-0.15, -0.1) is 0 Å². The third-order valence-electron chi connectivity index (χ3n) is 4.36. The second kappa shape index (κ2) is 5.85. The van der Waals surface area contributed by atoms with E-state index in [-0.39, 0.29) is 16.7 Å². The summed E-state index contributed by atoms with van der Waals surface area (Å²) in [6, 6.07) is 3.93. The third-order valence-corrected chi connectivity index (χ3v) is 4.36. The van der Waals surface area contributed by atoms with E-state index in [1.165, 1.54) is 18.9 Å². The van der Waals surface area contributed by atoms with E-state index >= 15 is 0 Å². The summed E-state index contributed by atoms with van der Waals surface area (Å²) in [7, 11) is 0. The van der Waals surface area contributed by atoms with Gasteiger partial charge in [-0.2, -0.15) is 0 Å². The fourth-order valence-corrected chi connectivity index (χ4v) is 3.41. The molecule has 2 N–H and O–H groups in total. The molecule has 0 saturated carbocycles. The van der Waals surface area contributed by atoms with Gasteiger partial charge in [-0.05, 0) is 38.8 Å². The number of anilines is 2. The number of hydrogen-bond donors (Lipinski definition) is 2. The smallest absolute Gasteiger partial charge is 0.311 e. The normalized spacial score (nSPS) is 24.8. The van der Waals surface area contributed by atoms with Crippen molar-refractivity contribution in [3.63, 3.8) is 0 Å². The summed E-state index contributed by atoms with van der Waals surface area (Å²) < 4.78 is 0. The molecule has 3 rings (SSSR count). The zero-order valence-electron chi connectivity index (χ0n) is 12.2. The first-order chi connectivity index (χ1) is 10.2. The monoisotopic (exact) mass is 291 g/mol. The molecule has 114 valence electrons. The average molecular weight is 291 g/mol. The van der Waals surface area contributed by atoms with Gasteiger partial charge in [0.1, 0.15) is 5.82 Å². The minimum absolute atomic E-state index is 0.0492. The lowest BCUT2D eigenvalue weighted by molar-refractivity contribution is -0.384. The second-order valence-corrected chi connectivity index (χ2v) is 5.64. The van der Waals surface area contributed by atoms with E-state index in [2.05, 4.69) is 20.5 Å². The molecule has 21 heavy (non-hydrogen) atoms. The maximum absolute atomic E-state index is 11.2. The number of fused-ring (bicyclic) bond motifs is 1. The van der Waals surface area contributed by atoms with Crippen LogP contribution in [0.5, 0.6) is 0 Å². The second-order valence-electron chi connectivity index (χ2n) is 5.64. The van der Waals surface area contributed by atoms with Crippen molar-refractivity contribution in [3.8, 4) is 0 Å². The number of hydrogen-bond acceptors (Lipinski definition) is 6. The largest absolute Gasteiger partial charge is 0.370 e. The lowest BCUT2D eigenvalue weighted by Crippen LogP contribution is -2.34. The molecule has 2 atom stereocenters. The fourth-order valence-electron chi connectivity index (χ4n) is 3.41. The minimum Gasteiger partial charge on any atom is -0.370 e. The Bertz CT molecular complexity index is 536. The van der Waals surface area contributed by atoms with Crippen LogP contribution in [0.2, 0.25) is 0 Å². The van der Waals surface area contributed by atoms with Crippen LogP contribution in [0.25, 0.3) is 0 Å². The van der Waals surface area contributed by atoms with Gasteiger partial charge in [-0.25, -0.2) is 4.98 Å². The van der Waals surface area contributed by atoms with Gasteiger partial charge in [0.15, 0.2) is 0 Å². The van der Waals surface area contributed by atoms with Gasteiger partial charge in [0, 0.05) is 31.2 Å². The Balaban J connectivity index is 1.82. The molecule has 0 spiro atoms. The van der Waals surface area contributed by atoms with Gasteiger partial charge in [0.05, 0.1) is 4.92 Å². The highest BCUT2D eigenvalue weighted by molar-refractivity contribution is 5.60. The van der Waals surface area contributed by atoms with Gasteiger partial charge >= 0.3 is 5.69 Å². The van der Waals surface area contributed by atoms with Crippen LogP contribution in [0.3, 0.4) is 0 Å². The van der Waals surface area contributed by atoms with Crippen LogP contribution in [-0.2, 0) is 0 Å². The van der Waals surface area contributed by atoms with Crippen LogP contribution in [0.1, 0.15) is 26.2 Å². The molecule has 0 radical (unpaired) electrons. The molecule has 7 heteroatoms. The zero-order chi connectivity index (χ0) is 14.8. The van der Waals surface area contributed by atoms with Crippen molar-refractivity contribution in [3.05, 3.63) is 22.2 Å². The first kappa shape index (κ1) is 14.1. The summed E-state index contributed by atoms with van der Waals surface area (Å²) in [6.45, 7) is 4.94. The summed E-state index contributed by atoms with van der Waals surface area (Å²) in [5, 5.41) is 17.6. The molecule has 0 aromatic carbocycles. The molecule has 2 saturated heterocycles. The molecule has 2 aliphatic rings. The Hall–Kier alpha value is -1.89. The van der Waals surface area contributed by atoms with E-state index in [4.69, 9.17) is 0 Å². The molecule has 0 aliphatic carbocycles. The summed E-state index contributed by atoms with van der Waals surface area (Å²) in [6.07, 6.45) is 3.41. The van der Waals surface area contributed by atoms with E-state index in [0.29, 0.717) is 17.7 Å². The van der Waals surface area contributed by atoms with E-state index in [1.54, 1.807) is 6.07 Å².